The Hall–Kier alpha value is -3.55. The highest BCUT2D eigenvalue weighted by Gasteiger charge is 2.21. The summed E-state index contributed by atoms with van der Waals surface area (Å²) in [6.07, 6.45) is 1.14. The Kier molecular flexibility index (Phi) is 9.18. The molecule has 0 aliphatic carbocycles. The smallest absolute Gasteiger partial charge is 0.407 e. The van der Waals surface area contributed by atoms with Crippen molar-refractivity contribution in [1.82, 2.24) is 10.7 Å². The third-order valence-corrected chi connectivity index (χ3v) is 4.04. The Morgan fingerprint density at radius 2 is 1.83 bits per heavy atom. The monoisotopic (exact) mass is 413 g/mol. The number of hydrogen-bond donors (Lipinski definition) is 2. The van der Waals surface area contributed by atoms with Crippen molar-refractivity contribution < 1.29 is 23.8 Å². The van der Waals surface area contributed by atoms with Crippen molar-refractivity contribution in [2.75, 3.05) is 20.3 Å². The van der Waals surface area contributed by atoms with Crippen molar-refractivity contribution in [3.63, 3.8) is 0 Å². The molecule has 0 heterocycles. The molecule has 2 N–H and O–H groups in total. The maximum absolute atomic E-state index is 12.6. The molecule has 0 radical (unpaired) electrons. The van der Waals surface area contributed by atoms with Crippen molar-refractivity contribution in [2.24, 2.45) is 5.10 Å². The fraction of sp³-hybridized carbons (Fsp3) is 0.318. The minimum absolute atomic E-state index is 0.212. The van der Waals surface area contributed by atoms with Crippen LogP contribution in [0.3, 0.4) is 0 Å². The number of nitrogens with one attached hydrogen (secondary N) is 2. The van der Waals surface area contributed by atoms with Crippen LogP contribution in [0.15, 0.2) is 53.6 Å². The van der Waals surface area contributed by atoms with Crippen LogP contribution in [0.5, 0.6) is 11.5 Å². The summed E-state index contributed by atoms with van der Waals surface area (Å²) in [7, 11) is 1.56. The zero-order valence-electron chi connectivity index (χ0n) is 17.4. The minimum Gasteiger partial charge on any atom is -0.493 e. The molecule has 8 heteroatoms. The largest absolute Gasteiger partial charge is 0.493 e. The number of carbonyl (C=O) groups is 2. The van der Waals surface area contributed by atoms with E-state index in [1.54, 1.807) is 32.2 Å². The molecule has 2 rings (SSSR count). The first-order valence-corrected chi connectivity index (χ1v) is 9.68. The predicted octanol–water partition coefficient (Wildman–Crippen LogP) is 2.90. The molecule has 2 aromatic rings. The number of ether oxygens (including phenoxy) is 3. The van der Waals surface area contributed by atoms with E-state index >= 15 is 0 Å². The number of carbonyl (C=O) groups excluding carboxylic acids is 2. The molecule has 0 spiro atoms. The molecule has 160 valence electrons. The van der Waals surface area contributed by atoms with Gasteiger partial charge in [0.15, 0.2) is 11.5 Å². The first kappa shape index (κ1) is 22.7. The summed E-state index contributed by atoms with van der Waals surface area (Å²) in [6, 6.07) is 13.8. The van der Waals surface area contributed by atoms with Gasteiger partial charge in [-0.1, -0.05) is 30.3 Å². The maximum Gasteiger partial charge on any atom is 0.407 e. The van der Waals surface area contributed by atoms with Crippen molar-refractivity contribution in [1.29, 1.82) is 0 Å². The van der Waals surface area contributed by atoms with E-state index in [-0.39, 0.29) is 6.61 Å². The summed E-state index contributed by atoms with van der Waals surface area (Å²) in [5.41, 5.74) is 4.09. The summed E-state index contributed by atoms with van der Waals surface area (Å²) >= 11 is 0. The van der Waals surface area contributed by atoms with E-state index in [1.807, 2.05) is 37.3 Å². The van der Waals surface area contributed by atoms with Gasteiger partial charge in [0, 0.05) is 6.42 Å². The van der Waals surface area contributed by atoms with Gasteiger partial charge >= 0.3 is 6.09 Å². The Bertz CT molecular complexity index is 855. The summed E-state index contributed by atoms with van der Waals surface area (Å²) in [5, 5.41) is 6.57. The molecule has 0 bridgehead atoms. The molecule has 0 saturated heterocycles. The maximum atomic E-state index is 12.6. The predicted molar refractivity (Wildman–Crippen MR) is 114 cm³/mol. The lowest BCUT2D eigenvalue weighted by molar-refractivity contribution is -0.123. The minimum atomic E-state index is -0.835. The summed E-state index contributed by atoms with van der Waals surface area (Å²) in [5.74, 6) is 0.738. The second-order valence-corrected chi connectivity index (χ2v) is 6.18. The molecular formula is C22H27N3O5. The van der Waals surface area contributed by atoms with Crippen LogP contribution in [0.4, 0.5) is 4.79 Å². The van der Waals surface area contributed by atoms with Crippen LogP contribution in [0.25, 0.3) is 0 Å². The number of amides is 2. The zero-order valence-corrected chi connectivity index (χ0v) is 17.4. The van der Waals surface area contributed by atoms with Gasteiger partial charge in [0.2, 0.25) is 0 Å². The molecule has 0 aromatic heterocycles. The quantitative estimate of drug-likeness (QED) is 0.461. The zero-order chi connectivity index (χ0) is 21.8. The molecule has 0 aliphatic heterocycles. The molecule has 0 unspecified atom stereocenters. The van der Waals surface area contributed by atoms with Gasteiger partial charge in [0.1, 0.15) is 6.04 Å². The Balaban J connectivity index is 2.06. The van der Waals surface area contributed by atoms with Gasteiger partial charge in [0.25, 0.3) is 5.91 Å². The second kappa shape index (κ2) is 12.1. The highest BCUT2D eigenvalue weighted by atomic mass is 16.5. The molecule has 1 atom stereocenters. The van der Waals surface area contributed by atoms with Gasteiger partial charge in [-0.05, 0) is 43.2 Å². The lowest BCUT2D eigenvalue weighted by Crippen LogP contribution is -2.47. The lowest BCUT2D eigenvalue weighted by Gasteiger charge is -2.16. The third kappa shape index (κ3) is 7.12. The molecule has 0 fully saturated rings. The standard InChI is InChI=1S/C22H27N3O5/c1-4-29-20-14-17(11-12-19(20)28-3)15-23-25-21(26)18(24-22(27)30-5-2)13-16-9-7-6-8-10-16/h6-12,14-15,18H,4-5,13H2,1-3H3,(H,24,27)(H,25,26)/b23-15-/t18-/m1/s1. The van der Waals surface area contributed by atoms with E-state index in [4.69, 9.17) is 14.2 Å². The fourth-order valence-electron chi connectivity index (χ4n) is 2.66. The summed E-state index contributed by atoms with van der Waals surface area (Å²) < 4.78 is 15.7. The van der Waals surface area contributed by atoms with Crippen molar-refractivity contribution in [3.05, 3.63) is 59.7 Å². The van der Waals surface area contributed by atoms with Gasteiger partial charge in [-0.3, -0.25) is 4.79 Å². The normalized spacial score (nSPS) is 11.6. The number of nitrogens with zero attached hydrogens (tertiary/aromatic N) is 1. The van der Waals surface area contributed by atoms with Crippen molar-refractivity contribution in [2.45, 2.75) is 26.3 Å². The van der Waals surface area contributed by atoms with E-state index in [1.165, 1.54) is 6.21 Å². The second-order valence-electron chi connectivity index (χ2n) is 6.18. The number of benzene rings is 2. The van der Waals surface area contributed by atoms with Gasteiger partial charge in [0.05, 0.1) is 26.5 Å². The van der Waals surface area contributed by atoms with E-state index in [0.29, 0.717) is 24.5 Å². The summed E-state index contributed by atoms with van der Waals surface area (Å²) in [6.45, 7) is 4.28. The molecule has 2 amide bonds. The van der Waals surface area contributed by atoms with Crippen LogP contribution >= 0.6 is 0 Å². The number of methoxy groups -OCH3 is 1. The van der Waals surface area contributed by atoms with Crippen LogP contribution < -0.4 is 20.2 Å². The average molecular weight is 413 g/mol. The van der Waals surface area contributed by atoms with Crippen LogP contribution in [0, 0.1) is 0 Å². The van der Waals surface area contributed by atoms with Crippen LogP contribution in [0.1, 0.15) is 25.0 Å². The number of rotatable bonds is 10. The Labute approximate surface area is 176 Å². The Morgan fingerprint density at radius 1 is 1.07 bits per heavy atom. The van der Waals surface area contributed by atoms with E-state index in [2.05, 4.69) is 15.8 Å². The topological polar surface area (TPSA) is 98.2 Å². The van der Waals surface area contributed by atoms with E-state index in [0.717, 1.165) is 11.1 Å². The van der Waals surface area contributed by atoms with Crippen molar-refractivity contribution in [3.8, 4) is 11.5 Å². The van der Waals surface area contributed by atoms with Gasteiger partial charge in [-0.25, -0.2) is 10.2 Å². The number of hydrazone groups is 1. The molecular weight excluding hydrogens is 386 g/mol. The van der Waals surface area contributed by atoms with E-state index in [9.17, 15) is 9.59 Å². The van der Waals surface area contributed by atoms with Gasteiger partial charge < -0.3 is 19.5 Å². The third-order valence-electron chi connectivity index (χ3n) is 4.04. The SMILES string of the molecule is CCOC(=O)N[C@H](Cc1ccccc1)C(=O)N/N=C\c1ccc(OC)c(OCC)c1. The first-order chi connectivity index (χ1) is 14.6. The van der Waals surface area contributed by atoms with Crippen molar-refractivity contribution >= 4 is 18.2 Å². The first-order valence-electron chi connectivity index (χ1n) is 9.68. The lowest BCUT2D eigenvalue weighted by atomic mass is 10.1. The highest BCUT2D eigenvalue weighted by molar-refractivity contribution is 5.87. The fourth-order valence-corrected chi connectivity index (χ4v) is 2.66. The molecule has 0 aliphatic rings. The van der Waals surface area contributed by atoms with Crippen LogP contribution in [-0.2, 0) is 16.0 Å². The average Bonchev–Trinajstić information content (AvgIpc) is 2.74. The van der Waals surface area contributed by atoms with Gasteiger partial charge in [-0.2, -0.15) is 5.10 Å². The van der Waals surface area contributed by atoms with Crippen LogP contribution in [-0.4, -0.2) is 44.6 Å². The molecule has 8 nitrogen and oxygen atoms in total. The molecule has 2 aromatic carbocycles. The number of alkyl carbamates (subject to hydrolysis) is 1. The number of hydrogen-bond acceptors (Lipinski definition) is 6. The molecule has 30 heavy (non-hydrogen) atoms. The summed E-state index contributed by atoms with van der Waals surface area (Å²) in [4.78, 5) is 24.4. The molecule has 0 saturated carbocycles. The van der Waals surface area contributed by atoms with Crippen LogP contribution in [0.2, 0.25) is 0 Å². The Morgan fingerprint density at radius 3 is 2.50 bits per heavy atom. The highest BCUT2D eigenvalue weighted by Crippen LogP contribution is 2.27. The van der Waals surface area contributed by atoms with Gasteiger partial charge in [-0.15, -0.1) is 0 Å². The van der Waals surface area contributed by atoms with E-state index < -0.39 is 18.0 Å².